The number of nitrogens with one attached hydrogen (secondary N) is 1. The molecule has 0 aromatic carbocycles. The first-order valence-electron chi connectivity index (χ1n) is 7.82. The van der Waals surface area contributed by atoms with Crippen molar-refractivity contribution in [1.82, 2.24) is 15.1 Å². The summed E-state index contributed by atoms with van der Waals surface area (Å²) in [5.74, 6) is 0.905. The van der Waals surface area contributed by atoms with Crippen molar-refractivity contribution in [3.63, 3.8) is 0 Å². The minimum atomic E-state index is 0.136. The van der Waals surface area contributed by atoms with Crippen LogP contribution >= 0.6 is 0 Å². The molecule has 1 aliphatic heterocycles. The molecule has 0 spiro atoms. The van der Waals surface area contributed by atoms with E-state index in [2.05, 4.69) is 29.0 Å². The lowest BCUT2D eigenvalue weighted by atomic mass is 10.1. The molecule has 1 N–H and O–H groups in total. The van der Waals surface area contributed by atoms with Crippen LogP contribution < -0.4 is 5.32 Å². The van der Waals surface area contributed by atoms with Gasteiger partial charge in [0.1, 0.15) is 0 Å². The van der Waals surface area contributed by atoms with Crippen LogP contribution in [-0.4, -0.2) is 75.2 Å². The molecule has 1 fully saturated rings. The number of piperazine rings is 1. The van der Waals surface area contributed by atoms with Crippen LogP contribution in [0.25, 0.3) is 0 Å². The molecule has 1 amide bonds. The normalized spacial score (nSPS) is 17.6. The van der Waals surface area contributed by atoms with Gasteiger partial charge in [0.25, 0.3) is 0 Å². The van der Waals surface area contributed by atoms with Gasteiger partial charge in [-0.15, -0.1) is 0 Å². The molecule has 0 aromatic rings. The standard InChI is InChI=1S/C15H31N3O2/c1-14(2)5-7-17-8-10-18(11-9-17)13-15(19)16-6-4-12-20-3/h14H,4-13H2,1-3H3,(H,16,19). The van der Waals surface area contributed by atoms with E-state index in [9.17, 15) is 4.79 Å². The molecule has 1 aliphatic rings. The summed E-state index contributed by atoms with van der Waals surface area (Å²) in [6.45, 7) is 11.9. The summed E-state index contributed by atoms with van der Waals surface area (Å²) in [6.07, 6.45) is 2.14. The van der Waals surface area contributed by atoms with E-state index in [-0.39, 0.29) is 5.91 Å². The Balaban J connectivity index is 2.07. The van der Waals surface area contributed by atoms with Gasteiger partial charge >= 0.3 is 0 Å². The summed E-state index contributed by atoms with van der Waals surface area (Å²) in [4.78, 5) is 16.5. The number of hydrogen-bond donors (Lipinski definition) is 1. The minimum absolute atomic E-state index is 0.136. The molecule has 5 heteroatoms. The summed E-state index contributed by atoms with van der Waals surface area (Å²) in [5, 5.41) is 2.94. The van der Waals surface area contributed by atoms with Gasteiger partial charge in [-0.25, -0.2) is 0 Å². The summed E-state index contributed by atoms with van der Waals surface area (Å²) in [7, 11) is 1.68. The highest BCUT2D eigenvalue weighted by Crippen LogP contribution is 2.06. The maximum absolute atomic E-state index is 11.8. The second-order valence-electron chi connectivity index (χ2n) is 6.00. The fourth-order valence-electron chi connectivity index (χ4n) is 2.32. The number of carbonyl (C=O) groups is 1. The van der Waals surface area contributed by atoms with Gasteiger partial charge in [0.2, 0.25) is 5.91 Å². The monoisotopic (exact) mass is 285 g/mol. The first-order valence-corrected chi connectivity index (χ1v) is 7.82. The van der Waals surface area contributed by atoms with Crippen molar-refractivity contribution in [2.45, 2.75) is 26.7 Å². The van der Waals surface area contributed by atoms with Gasteiger partial charge < -0.3 is 15.0 Å². The molecule has 118 valence electrons. The lowest BCUT2D eigenvalue weighted by Gasteiger charge is -2.34. The van der Waals surface area contributed by atoms with Crippen molar-refractivity contribution in [3.8, 4) is 0 Å². The number of amides is 1. The smallest absolute Gasteiger partial charge is 0.234 e. The van der Waals surface area contributed by atoms with Crippen molar-refractivity contribution in [2.75, 3.05) is 59.5 Å². The largest absolute Gasteiger partial charge is 0.385 e. The highest BCUT2D eigenvalue weighted by atomic mass is 16.5. The van der Waals surface area contributed by atoms with E-state index in [0.29, 0.717) is 19.7 Å². The molecule has 1 saturated heterocycles. The van der Waals surface area contributed by atoms with E-state index in [4.69, 9.17) is 4.74 Å². The molecule has 1 heterocycles. The molecule has 0 saturated carbocycles. The van der Waals surface area contributed by atoms with Gasteiger partial charge in [-0.05, 0) is 25.3 Å². The highest BCUT2D eigenvalue weighted by Gasteiger charge is 2.18. The molecular formula is C15H31N3O2. The summed E-state index contributed by atoms with van der Waals surface area (Å²) < 4.78 is 4.96. The molecule has 1 rings (SSSR count). The van der Waals surface area contributed by atoms with Crippen LogP contribution in [0, 0.1) is 5.92 Å². The highest BCUT2D eigenvalue weighted by molar-refractivity contribution is 5.77. The zero-order chi connectivity index (χ0) is 14.8. The fraction of sp³-hybridized carbons (Fsp3) is 0.933. The third kappa shape index (κ3) is 7.82. The van der Waals surface area contributed by atoms with Crippen molar-refractivity contribution in [1.29, 1.82) is 0 Å². The molecular weight excluding hydrogens is 254 g/mol. The number of methoxy groups -OCH3 is 1. The Morgan fingerprint density at radius 2 is 1.85 bits per heavy atom. The molecule has 0 aliphatic carbocycles. The second kappa shape index (κ2) is 10.1. The molecule has 20 heavy (non-hydrogen) atoms. The number of hydrogen-bond acceptors (Lipinski definition) is 4. The van der Waals surface area contributed by atoms with E-state index in [1.54, 1.807) is 7.11 Å². The number of nitrogens with zero attached hydrogens (tertiary/aromatic N) is 2. The topological polar surface area (TPSA) is 44.8 Å². The molecule has 5 nitrogen and oxygen atoms in total. The Bertz CT molecular complexity index is 264. The van der Waals surface area contributed by atoms with Crippen LogP contribution in [0.3, 0.4) is 0 Å². The first kappa shape index (κ1) is 17.4. The van der Waals surface area contributed by atoms with Crippen molar-refractivity contribution < 1.29 is 9.53 Å². The van der Waals surface area contributed by atoms with Crippen molar-refractivity contribution >= 4 is 5.91 Å². The average molecular weight is 285 g/mol. The summed E-state index contributed by atoms with van der Waals surface area (Å²) in [5.41, 5.74) is 0. The van der Waals surface area contributed by atoms with Crippen LogP contribution in [0.1, 0.15) is 26.7 Å². The van der Waals surface area contributed by atoms with Crippen LogP contribution in [0.2, 0.25) is 0 Å². The zero-order valence-electron chi connectivity index (χ0n) is 13.4. The average Bonchev–Trinajstić information content (AvgIpc) is 2.43. The lowest BCUT2D eigenvalue weighted by molar-refractivity contribution is -0.122. The Hall–Kier alpha value is -0.650. The van der Waals surface area contributed by atoms with Crippen molar-refractivity contribution in [3.05, 3.63) is 0 Å². The molecule has 0 aromatic heterocycles. The van der Waals surface area contributed by atoms with E-state index in [1.165, 1.54) is 13.0 Å². The van der Waals surface area contributed by atoms with Gasteiger partial charge in [0.15, 0.2) is 0 Å². The number of ether oxygens (including phenoxy) is 1. The van der Waals surface area contributed by atoms with E-state index >= 15 is 0 Å². The van der Waals surface area contributed by atoms with Crippen molar-refractivity contribution in [2.24, 2.45) is 5.92 Å². The Morgan fingerprint density at radius 1 is 1.20 bits per heavy atom. The predicted octanol–water partition coefficient (Wildman–Crippen LogP) is 0.803. The third-order valence-corrected chi connectivity index (χ3v) is 3.70. The van der Waals surface area contributed by atoms with E-state index < -0.39 is 0 Å². The maximum atomic E-state index is 11.8. The molecule has 0 atom stereocenters. The molecule has 0 bridgehead atoms. The SMILES string of the molecule is COCCCNC(=O)CN1CCN(CCC(C)C)CC1. The van der Waals surface area contributed by atoms with E-state index in [1.807, 2.05) is 0 Å². The molecule has 0 unspecified atom stereocenters. The lowest BCUT2D eigenvalue weighted by Crippen LogP contribution is -2.49. The minimum Gasteiger partial charge on any atom is -0.385 e. The van der Waals surface area contributed by atoms with Crippen LogP contribution in [-0.2, 0) is 9.53 Å². The summed E-state index contributed by atoms with van der Waals surface area (Å²) >= 11 is 0. The second-order valence-corrected chi connectivity index (χ2v) is 6.00. The third-order valence-electron chi connectivity index (χ3n) is 3.70. The predicted molar refractivity (Wildman–Crippen MR) is 81.8 cm³/mol. The first-order chi connectivity index (χ1) is 9.61. The van der Waals surface area contributed by atoms with Crippen LogP contribution in [0.4, 0.5) is 0 Å². The Kier molecular flexibility index (Phi) is 8.82. The molecule has 0 radical (unpaired) electrons. The van der Waals surface area contributed by atoms with Gasteiger partial charge in [0.05, 0.1) is 6.54 Å². The van der Waals surface area contributed by atoms with Gasteiger partial charge in [-0.3, -0.25) is 9.69 Å². The Morgan fingerprint density at radius 3 is 2.45 bits per heavy atom. The fourth-order valence-corrected chi connectivity index (χ4v) is 2.32. The zero-order valence-corrected chi connectivity index (χ0v) is 13.4. The Labute approximate surface area is 123 Å². The quantitative estimate of drug-likeness (QED) is 0.637. The number of carbonyl (C=O) groups excluding carboxylic acids is 1. The van der Waals surface area contributed by atoms with E-state index in [0.717, 1.165) is 38.5 Å². The summed E-state index contributed by atoms with van der Waals surface area (Å²) in [6, 6.07) is 0. The van der Waals surface area contributed by atoms with Crippen LogP contribution in [0.15, 0.2) is 0 Å². The van der Waals surface area contributed by atoms with Gasteiger partial charge in [0, 0.05) is 46.4 Å². The van der Waals surface area contributed by atoms with Crippen LogP contribution in [0.5, 0.6) is 0 Å². The van der Waals surface area contributed by atoms with Gasteiger partial charge in [-0.2, -0.15) is 0 Å². The number of rotatable bonds is 9. The van der Waals surface area contributed by atoms with Gasteiger partial charge in [-0.1, -0.05) is 13.8 Å². The maximum Gasteiger partial charge on any atom is 0.234 e.